The van der Waals surface area contributed by atoms with Gasteiger partial charge in [-0.1, -0.05) is 65.7 Å². The Morgan fingerprint density at radius 1 is 0.778 bits per heavy atom. The molecule has 1 heterocycles. The fourth-order valence-electron chi connectivity index (χ4n) is 2.80. The zero-order chi connectivity index (χ0) is 18.8. The Balaban J connectivity index is 1.61. The number of halogens is 2. The van der Waals surface area contributed by atoms with Crippen molar-refractivity contribution in [1.29, 1.82) is 0 Å². The van der Waals surface area contributed by atoms with Gasteiger partial charge in [0.05, 0.1) is 22.8 Å². The predicted molar refractivity (Wildman–Crippen MR) is 115 cm³/mol. The van der Waals surface area contributed by atoms with Gasteiger partial charge in [0.1, 0.15) is 10.8 Å². The van der Waals surface area contributed by atoms with E-state index in [0.29, 0.717) is 10.0 Å². The van der Waals surface area contributed by atoms with Crippen LogP contribution < -0.4 is 4.74 Å². The van der Waals surface area contributed by atoms with E-state index in [1.165, 1.54) is 0 Å². The van der Waals surface area contributed by atoms with Crippen molar-refractivity contribution in [1.82, 2.24) is 4.98 Å². The maximum atomic E-state index is 6.12. The van der Waals surface area contributed by atoms with E-state index in [9.17, 15) is 0 Å². The van der Waals surface area contributed by atoms with E-state index in [-0.39, 0.29) is 0 Å². The first-order valence-electron chi connectivity index (χ1n) is 8.30. The molecule has 0 aliphatic rings. The number of hydrogen-bond donors (Lipinski definition) is 0. The summed E-state index contributed by atoms with van der Waals surface area (Å²) in [6, 6.07) is 22.0. The van der Waals surface area contributed by atoms with Crippen molar-refractivity contribution in [3.63, 3.8) is 0 Å². The smallest absolute Gasteiger partial charge is 0.124 e. The number of rotatable bonds is 4. The van der Waals surface area contributed by atoms with Crippen molar-refractivity contribution >= 4 is 34.5 Å². The Bertz CT molecular complexity index is 1090. The van der Waals surface area contributed by atoms with Crippen LogP contribution in [0.25, 0.3) is 33.0 Å². The van der Waals surface area contributed by atoms with Gasteiger partial charge < -0.3 is 4.74 Å². The summed E-state index contributed by atoms with van der Waals surface area (Å²) in [6.45, 7) is 0. The van der Waals surface area contributed by atoms with Gasteiger partial charge in [0.2, 0.25) is 0 Å². The van der Waals surface area contributed by atoms with Crippen LogP contribution in [0.5, 0.6) is 5.75 Å². The molecule has 0 unspecified atom stereocenters. The highest BCUT2D eigenvalue weighted by Crippen LogP contribution is 2.33. The molecule has 134 valence electrons. The minimum atomic E-state index is 0.534. The topological polar surface area (TPSA) is 22.1 Å². The first-order valence-corrected chi connectivity index (χ1v) is 9.93. The minimum absolute atomic E-state index is 0.534. The number of nitrogens with zero attached hydrogens (tertiary/aromatic N) is 1. The lowest BCUT2D eigenvalue weighted by Gasteiger charge is -2.05. The Morgan fingerprint density at radius 3 is 2.26 bits per heavy atom. The standard InChI is InChI=1S/C22H15Cl2NOS/c1-26-18-4-2-3-16(11-18)14-5-7-15(8-6-14)22-25-21(13-27-22)17-9-10-19(23)20(24)12-17/h2-13H,1H3. The molecule has 1 aromatic heterocycles. The molecule has 27 heavy (non-hydrogen) atoms. The van der Waals surface area contributed by atoms with E-state index in [0.717, 1.165) is 38.7 Å². The molecule has 0 amide bonds. The number of benzene rings is 3. The normalized spacial score (nSPS) is 10.8. The van der Waals surface area contributed by atoms with Crippen LogP contribution in [0.1, 0.15) is 0 Å². The second-order valence-corrected chi connectivity index (χ2v) is 7.65. The van der Waals surface area contributed by atoms with Crippen molar-refractivity contribution in [2.75, 3.05) is 7.11 Å². The van der Waals surface area contributed by atoms with Gasteiger partial charge in [0.15, 0.2) is 0 Å². The predicted octanol–water partition coefficient (Wildman–Crippen LogP) is 7.46. The average Bonchev–Trinajstić information content (AvgIpc) is 3.20. The second kappa shape index (κ2) is 7.73. The summed E-state index contributed by atoms with van der Waals surface area (Å²) in [4.78, 5) is 4.75. The van der Waals surface area contributed by atoms with Crippen LogP contribution >= 0.6 is 34.5 Å². The van der Waals surface area contributed by atoms with E-state index in [1.807, 2.05) is 35.7 Å². The third-order valence-corrected chi connectivity index (χ3v) is 5.88. The SMILES string of the molecule is COc1cccc(-c2ccc(-c3nc(-c4ccc(Cl)c(Cl)c4)cs3)cc2)c1. The van der Waals surface area contributed by atoms with E-state index in [2.05, 4.69) is 30.3 Å². The molecule has 0 bridgehead atoms. The number of aromatic nitrogens is 1. The first-order chi connectivity index (χ1) is 13.1. The largest absolute Gasteiger partial charge is 0.497 e. The van der Waals surface area contributed by atoms with Crippen LogP contribution in [0.2, 0.25) is 10.0 Å². The molecule has 5 heteroatoms. The molecule has 4 rings (SSSR count). The highest BCUT2D eigenvalue weighted by atomic mass is 35.5. The second-order valence-electron chi connectivity index (χ2n) is 5.98. The summed E-state index contributed by atoms with van der Waals surface area (Å²) >= 11 is 13.7. The molecule has 2 nitrogen and oxygen atoms in total. The fraction of sp³-hybridized carbons (Fsp3) is 0.0455. The average molecular weight is 412 g/mol. The highest BCUT2D eigenvalue weighted by Gasteiger charge is 2.09. The van der Waals surface area contributed by atoms with Crippen molar-refractivity contribution in [3.05, 3.63) is 82.2 Å². The molecule has 3 aromatic carbocycles. The molecule has 0 spiro atoms. The van der Waals surface area contributed by atoms with Crippen LogP contribution in [0.15, 0.2) is 72.1 Å². The Labute approximate surface area is 172 Å². The van der Waals surface area contributed by atoms with Crippen molar-refractivity contribution in [2.24, 2.45) is 0 Å². The lowest BCUT2D eigenvalue weighted by molar-refractivity contribution is 0.415. The third kappa shape index (κ3) is 3.86. The molecule has 0 aliphatic heterocycles. The minimum Gasteiger partial charge on any atom is -0.497 e. The molecular formula is C22H15Cl2NOS. The third-order valence-electron chi connectivity index (χ3n) is 4.25. The summed E-state index contributed by atoms with van der Waals surface area (Å²) in [7, 11) is 1.68. The van der Waals surface area contributed by atoms with Crippen molar-refractivity contribution < 1.29 is 4.74 Å². The summed E-state index contributed by atoms with van der Waals surface area (Å²) < 4.78 is 5.30. The molecule has 0 radical (unpaired) electrons. The highest BCUT2D eigenvalue weighted by molar-refractivity contribution is 7.13. The Kier molecular flexibility index (Phi) is 5.17. The Hall–Kier alpha value is -2.33. The van der Waals surface area contributed by atoms with Gasteiger partial charge in [-0.05, 0) is 35.4 Å². The van der Waals surface area contributed by atoms with Gasteiger partial charge >= 0.3 is 0 Å². The maximum absolute atomic E-state index is 6.12. The molecule has 0 atom stereocenters. The number of thiazole rings is 1. The summed E-state index contributed by atoms with van der Waals surface area (Å²) in [5.41, 5.74) is 5.19. The molecule has 0 fully saturated rings. The lowest BCUT2D eigenvalue weighted by Crippen LogP contribution is -1.84. The van der Waals surface area contributed by atoms with Crippen LogP contribution in [0.3, 0.4) is 0 Å². The van der Waals surface area contributed by atoms with Crippen LogP contribution in [0, 0.1) is 0 Å². The molecule has 4 aromatic rings. The van der Waals surface area contributed by atoms with Gasteiger partial charge in [0, 0.05) is 16.5 Å². The zero-order valence-electron chi connectivity index (χ0n) is 14.4. The molecular weight excluding hydrogens is 397 g/mol. The fourth-order valence-corrected chi connectivity index (χ4v) is 3.94. The van der Waals surface area contributed by atoms with Gasteiger partial charge in [-0.25, -0.2) is 4.98 Å². The van der Waals surface area contributed by atoms with Crippen LogP contribution in [-0.4, -0.2) is 12.1 Å². The Morgan fingerprint density at radius 2 is 1.52 bits per heavy atom. The lowest BCUT2D eigenvalue weighted by atomic mass is 10.0. The van der Waals surface area contributed by atoms with E-state index in [4.69, 9.17) is 32.9 Å². The van der Waals surface area contributed by atoms with Crippen molar-refractivity contribution in [2.45, 2.75) is 0 Å². The molecule has 0 saturated carbocycles. The number of ether oxygens (including phenoxy) is 1. The van der Waals surface area contributed by atoms with E-state index < -0.39 is 0 Å². The summed E-state index contributed by atoms with van der Waals surface area (Å²) in [6.07, 6.45) is 0. The first kappa shape index (κ1) is 18.1. The van der Waals surface area contributed by atoms with Crippen molar-refractivity contribution in [3.8, 4) is 38.7 Å². The molecule has 0 N–H and O–H groups in total. The number of methoxy groups -OCH3 is 1. The summed E-state index contributed by atoms with van der Waals surface area (Å²) in [5, 5.41) is 4.08. The van der Waals surface area contributed by atoms with E-state index in [1.54, 1.807) is 24.5 Å². The van der Waals surface area contributed by atoms with Crippen LogP contribution in [0.4, 0.5) is 0 Å². The molecule has 0 saturated heterocycles. The quantitative estimate of drug-likeness (QED) is 0.347. The van der Waals surface area contributed by atoms with Crippen LogP contribution in [-0.2, 0) is 0 Å². The summed E-state index contributed by atoms with van der Waals surface area (Å²) in [5.74, 6) is 0.850. The molecule has 0 aliphatic carbocycles. The monoisotopic (exact) mass is 411 g/mol. The van der Waals surface area contributed by atoms with E-state index >= 15 is 0 Å². The van der Waals surface area contributed by atoms with Gasteiger partial charge in [-0.15, -0.1) is 11.3 Å². The van der Waals surface area contributed by atoms with Gasteiger partial charge in [0.25, 0.3) is 0 Å². The van der Waals surface area contributed by atoms with Gasteiger partial charge in [-0.2, -0.15) is 0 Å². The number of hydrogen-bond acceptors (Lipinski definition) is 3. The van der Waals surface area contributed by atoms with Gasteiger partial charge in [-0.3, -0.25) is 0 Å². The maximum Gasteiger partial charge on any atom is 0.124 e. The zero-order valence-corrected chi connectivity index (χ0v) is 16.8.